The average Bonchev–Trinajstić information content (AvgIpc) is 3.27. The van der Waals surface area contributed by atoms with E-state index in [0.717, 1.165) is 41.8 Å². The van der Waals surface area contributed by atoms with E-state index in [9.17, 15) is 18.0 Å². The predicted octanol–water partition coefficient (Wildman–Crippen LogP) is 4.49. The van der Waals surface area contributed by atoms with Crippen molar-refractivity contribution in [3.8, 4) is 0 Å². The van der Waals surface area contributed by atoms with Crippen molar-refractivity contribution >= 4 is 16.9 Å². The molecule has 3 aromatic rings. The number of amides is 1. The molecule has 1 fully saturated rings. The van der Waals surface area contributed by atoms with Crippen molar-refractivity contribution in [1.82, 2.24) is 14.9 Å². The molecule has 4 rings (SSSR count). The maximum atomic E-state index is 12.9. The number of rotatable bonds is 3. The number of halogens is 3. The number of fused-ring (bicyclic) bond motifs is 1. The number of aromatic amines is 1. The molecule has 1 atom stereocenters. The lowest BCUT2D eigenvalue weighted by Crippen LogP contribution is -2.32. The molecule has 4 nitrogen and oxygen atoms in total. The second-order valence-electron chi connectivity index (χ2n) is 6.76. The van der Waals surface area contributed by atoms with E-state index in [-0.39, 0.29) is 18.4 Å². The van der Waals surface area contributed by atoms with Gasteiger partial charge in [0.25, 0.3) is 0 Å². The van der Waals surface area contributed by atoms with E-state index >= 15 is 0 Å². The topological polar surface area (TPSA) is 49.0 Å². The predicted molar refractivity (Wildman–Crippen MR) is 94.9 cm³/mol. The van der Waals surface area contributed by atoms with Gasteiger partial charge in [-0.1, -0.05) is 30.3 Å². The third-order valence-electron chi connectivity index (χ3n) is 4.91. The van der Waals surface area contributed by atoms with Gasteiger partial charge in [-0.3, -0.25) is 4.79 Å². The summed E-state index contributed by atoms with van der Waals surface area (Å²) in [6.45, 7) is 0.583. The second-order valence-corrected chi connectivity index (χ2v) is 6.76. The number of nitrogens with one attached hydrogen (secondary N) is 1. The lowest BCUT2D eigenvalue weighted by molar-refractivity contribution is -0.138. The first kappa shape index (κ1) is 17.6. The lowest BCUT2D eigenvalue weighted by Gasteiger charge is -2.23. The molecule has 27 heavy (non-hydrogen) atoms. The maximum absolute atomic E-state index is 12.9. The molecule has 1 amide bonds. The number of para-hydroxylation sites is 2. The van der Waals surface area contributed by atoms with Crippen molar-refractivity contribution in [3.05, 3.63) is 65.5 Å². The molecular weight excluding hydrogens is 355 g/mol. The van der Waals surface area contributed by atoms with Crippen molar-refractivity contribution in [3.63, 3.8) is 0 Å². The van der Waals surface area contributed by atoms with Gasteiger partial charge >= 0.3 is 6.18 Å². The van der Waals surface area contributed by atoms with Gasteiger partial charge in [0.1, 0.15) is 5.82 Å². The zero-order valence-corrected chi connectivity index (χ0v) is 14.5. The SMILES string of the molecule is O=C(Cc1cccc(C(F)(F)F)c1)N1CCCC1c1nc2ccccc2[nH]1. The number of nitrogens with zero attached hydrogens (tertiary/aromatic N) is 2. The Morgan fingerprint density at radius 3 is 2.78 bits per heavy atom. The van der Waals surface area contributed by atoms with Crippen molar-refractivity contribution in [1.29, 1.82) is 0 Å². The maximum Gasteiger partial charge on any atom is 0.416 e. The van der Waals surface area contributed by atoms with Gasteiger partial charge in [-0.05, 0) is 36.6 Å². The molecule has 0 aliphatic carbocycles. The number of hydrogen-bond donors (Lipinski definition) is 1. The number of likely N-dealkylation sites (tertiary alicyclic amines) is 1. The van der Waals surface area contributed by atoms with Gasteiger partial charge in [0.15, 0.2) is 0 Å². The molecule has 1 aliphatic rings. The van der Waals surface area contributed by atoms with E-state index < -0.39 is 11.7 Å². The third-order valence-corrected chi connectivity index (χ3v) is 4.91. The standard InChI is InChI=1S/C20H18F3N3O/c21-20(22,23)14-6-3-5-13(11-14)12-18(27)26-10-4-9-17(26)19-24-15-7-1-2-8-16(15)25-19/h1-3,5-8,11,17H,4,9-10,12H2,(H,24,25). The fourth-order valence-electron chi connectivity index (χ4n) is 3.61. The van der Waals surface area contributed by atoms with E-state index in [0.29, 0.717) is 12.1 Å². The number of H-pyrrole nitrogens is 1. The third kappa shape index (κ3) is 3.54. The molecule has 2 aromatic carbocycles. The summed E-state index contributed by atoms with van der Waals surface area (Å²) in [6, 6.07) is 12.4. The highest BCUT2D eigenvalue weighted by Crippen LogP contribution is 2.33. The van der Waals surface area contributed by atoms with Gasteiger partial charge < -0.3 is 9.88 Å². The average molecular weight is 373 g/mol. The number of aromatic nitrogens is 2. The number of imidazole rings is 1. The molecule has 1 aromatic heterocycles. The Morgan fingerprint density at radius 1 is 1.19 bits per heavy atom. The summed E-state index contributed by atoms with van der Waals surface area (Å²) < 4.78 is 38.6. The van der Waals surface area contributed by atoms with Crippen LogP contribution in [0.2, 0.25) is 0 Å². The summed E-state index contributed by atoms with van der Waals surface area (Å²) in [5.41, 5.74) is 1.38. The summed E-state index contributed by atoms with van der Waals surface area (Å²) in [5.74, 6) is 0.545. The Hall–Kier alpha value is -2.83. The van der Waals surface area contributed by atoms with Crippen LogP contribution in [0.5, 0.6) is 0 Å². The van der Waals surface area contributed by atoms with Gasteiger partial charge in [0, 0.05) is 6.54 Å². The number of alkyl halides is 3. The minimum absolute atomic E-state index is 0.0549. The summed E-state index contributed by atoms with van der Waals surface area (Å²) >= 11 is 0. The summed E-state index contributed by atoms with van der Waals surface area (Å²) in [5, 5.41) is 0. The molecule has 1 saturated heterocycles. The van der Waals surface area contributed by atoms with Crippen LogP contribution in [0.4, 0.5) is 13.2 Å². The van der Waals surface area contributed by atoms with Gasteiger partial charge in [-0.2, -0.15) is 13.2 Å². The molecule has 2 heterocycles. The molecule has 1 unspecified atom stereocenters. The fraction of sp³-hybridized carbons (Fsp3) is 0.300. The molecular formula is C20H18F3N3O. The van der Waals surface area contributed by atoms with Gasteiger partial charge in [0.05, 0.1) is 29.1 Å². The van der Waals surface area contributed by atoms with Crippen molar-refractivity contribution in [2.45, 2.75) is 31.5 Å². The molecule has 7 heteroatoms. The Bertz CT molecular complexity index is 947. The summed E-state index contributed by atoms with van der Waals surface area (Å²) in [7, 11) is 0. The van der Waals surface area contributed by atoms with Crippen molar-refractivity contribution < 1.29 is 18.0 Å². The second kappa shape index (κ2) is 6.72. The Kier molecular flexibility index (Phi) is 4.37. The molecule has 0 saturated carbocycles. The van der Waals surface area contributed by atoms with Gasteiger partial charge in [0.2, 0.25) is 5.91 Å². The lowest BCUT2D eigenvalue weighted by atomic mass is 10.1. The first-order valence-electron chi connectivity index (χ1n) is 8.82. The zero-order valence-electron chi connectivity index (χ0n) is 14.5. The van der Waals surface area contributed by atoms with E-state index in [1.54, 1.807) is 11.0 Å². The van der Waals surface area contributed by atoms with Crippen LogP contribution in [0, 0.1) is 0 Å². The van der Waals surface area contributed by atoms with Crippen LogP contribution in [0.3, 0.4) is 0 Å². The Labute approximate surface area is 154 Å². The van der Waals surface area contributed by atoms with Crippen molar-refractivity contribution in [2.24, 2.45) is 0 Å². The quantitative estimate of drug-likeness (QED) is 0.736. The van der Waals surface area contributed by atoms with Crippen molar-refractivity contribution in [2.75, 3.05) is 6.54 Å². The van der Waals surface area contributed by atoms with Crippen LogP contribution in [0.1, 0.15) is 35.8 Å². The highest BCUT2D eigenvalue weighted by molar-refractivity contribution is 5.80. The van der Waals surface area contributed by atoms with Crippen LogP contribution >= 0.6 is 0 Å². The van der Waals surface area contributed by atoms with E-state index in [1.807, 2.05) is 24.3 Å². The van der Waals surface area contributed by atoms with E-state index in [4.69, 9.17) is 0 Å². The van der Waals surface area contributed by atoms with Gasteiger partial charge in [-0.25, -0.2) is 4.98 Å². The number of benzene rings is 2. The van der Waals surface area contributed by atoms with Crippen LogP contribution in [0.25, 0.3) is 11.0 Å². The normalized spacial score (nSPS) is 17.6. The molecule has 140 valence electrons. The first-order valence-corrected chi connectivity index (χ1v) is 8.82. The Balaban J connectivity index is 1.54. The smallest absolute Gasteiger partial charge is 0.340 e. The number of carbonyl (C=O) groups is 1. The van der Waals surface area contributed by atoms with E-state index in [2.05, 4.69) is 9.97 Å². The zero-order chi connectivity index (χ0) is 19.0. The molecule has 0 spiro atoms. The number of hydrogen-bond acceptors (Lipinski definition) is 2. The molecule has 0 radical (unpaired) electrons. The highest BCUT2D eigenvalue weighted by Gasteiger charge is 2.33. The minimum atomic E-state index is -4.41. The summed E-state index contributed by atoms with van der Waals surface area (Å²) in [4.78, 5) is 22.3. The van der Waals surface area contributed by atoms with E-state index in [1.165, 1.54) is 6.07 Å². The highest BCUT2D eigenvalue weighted by atomic mass is 19.4. The number of carbonyl (C=O) groups excluding carboxylic acids is 1. The minimum Gasteiger partial charge on any atom is -0.340 e. The van der Waals surface area contributed by atoms with Crippen LogP contribution in [-0.4, -0.2) is 27.3 Å². The van der Waals surface area contributed by atoms with Gasteiger partial charge in [-0.15, -0.1) is 0 Å². The van der Waals surface area contributed by atoms with Crippen LogP contribution in [0.15, 0.2) is 48.5 Å². The Morgan fingerprint density at radius 2 is 2.00 bits per heavy atom. The molecule has 0 bridgehead atoms. The fourth-order valence-corrected chi connectivity index (χ4v) is 3.61. The summed E-state index contributed by atoms with van der Waals surface area (Å²) in [6.07, 6.45) is -2.84. The largest absolute Gasteiger partial charge is 0.416 e. The van der Waals surface area contributed by atoms with Crippen LogP contribution < -0.4 is 0 Å². The monoisotopic (exact) mass is 373 g/mol. The molecule has 1 aliphatic heterocycles. The van der Waals surface area contributed by atoms with Crippen LogP contribution in [-0.2, 0) is 17.4 Å². The molecule has 1 N–H and O–H groups in total. The first-order chi connectivity index (χ1) is 12.9.